The summed E-state index contributed by atoms with van der Waals surface area (Å²) in [4.78, 5) is 8.62. The van der Waals surface area contributed by atoms with Crippen LogP contribution in [0.3, 0.4) is 0 Å². The van der Waals surface area contributed by atoms with Crippen LogP contribution in [0.2, 0.25) is 0 Å². The van der Waals surface area contributed by atoms with Gasteiger partial charge < -0.3 is 9.84 Å². The highest BCUT2D eigenvalue weighted by Gasteiger charge is 2.09. The third-order valence-corrected chi connectivity index (χ3v) is 2.88. The maximum atomic E-state index is 9.32. The Kier molecular flexibility index (Phi) is 4.12. The van der Waals surface area contributed by atoms with E-state index >= 15 is 0 Å². The van der Waals surface area contributed by atoms with E-state index in [2.05, 4.69) is 9.97 Å². The fourth-order valence-corrected chi connectivity index (χ4v) is 1.84. The lowest BCUT2D eigenvalue weighted by atomic mass is 10.2. The van der Waals surface area contributed by atoms with Gasteiger partial charge in [0.05, 0.1) is 12.3 Å². The van der Waals surface area contributed by atoms with Crippen molar-refractivity contribution in [3.05, 3.63) is 47.0 Å². The van der Waals surface area contributed by atoms with Gasteiger partial charge in [-0.25, -0.2) is 0 Å². The van der Waals surface area contributed by atoms with Gasteiger partial charge in [-0.3, -0.25) is 9.97 Å². The number of aliphatic hydroxyl groups excluding tert-OH is 1. The molecule has 2 rings (SSSR count). The summed E-state index contributed by atoms with van der Waals surface area (Å²) < 4.78 is 5.90. The smallest absolute Gasteiger partial charge is 0.148 e. The lowest BCUT2D eigenvalue weighted by Gasteiger charge is -2.13. The lowest BCUT2D eigenvalue weighted by Crippen LogP contribution is -1.99. The van der Waals surface area contributed by atoms with Crippen LogP contribution in [0.5, 0.6) is 11.5 Å². The van der Waals surface area contributed by atoms with Crippen molar-refractivity contribution in [3.8, 4) is 11.5 Å². The molecule has 0 amide bonds. The molecule has 19 heavy (non-hydrogen) atoms. The number of aromatic nitrogens is 2. The van der Waals surface area contributed by atoms with E-state index in [4.69, 9.17) is 4.74 Å². The minimum Gasteiger partial charge on any atom is -0.455 e. The summed E-state index contributed by atoms with van der Waals surface area (Å²) in [7, 11) is 0. The predicted molar refractivity (Wildman–Crippen MR) is 73.3 cm³/mol. The van der Waals surface area contributed by atoms with Gasteiger partial charge in [0.25, 0.3) is 0 Å². The first-order valence-corrected chi connectivity index (χ1v) is 6.34. The average molecular weight is 258 g/mol. The van der Waals surface area contributed by atoms with Crippen molar-refractivity contribution >= 4 is 0 Å². The maximum absolute atomic E-state index is 9.32. The number of nitrogens with zero attached hydrogens (tertiary/aromatic N) is 2. The van der Waals surface area contributed by atoms with Crippen molar-refractivity contribution in [1.29, 1.82) is 0 Å². The van der Waals surface area contributed by atoms with Crippen molar-refractivity contribution in [2.45, 2.75) is 33.8 Å². The van der Waals surface area contributed by atoms with Gasteiger partial charge in [0.15, 0.2) is 0 Å². The molecule has 0 saturated carbocycles. The first kappa shape index (κ1) is 13.5. The van der Waals surface area contributed by atoms with E-state index < -0.39 is 0 Å². The molecule has 2 aromatic rings. The molecule has 0 aliphatic carbocycles. The molecule has 0 spiro atoms. The molecule has 0 aliphatic heterocycles. The van der Waals surface area contributed by atoms with Gasteiger partial charge >= 0.3 is 0 Å². The molecule has 0 radical (unpaired) electrons. The SMILES string of the molecule is CCc1nc(C)ccc1Oc1cc(C)ncc1CO. The third kappa shape index (κ3) is 3.09. The Labute approximate surface area is 113 Å². The van der Waals surface area contributed by atoms with E-state index in [0.29, 0.717) is 11.3 Å². The molecule has 0 saturated heterocycles. The molecule has 1 N–H and O–H groups in total. The van der Waals surface area contributed by atoms with Gasteiger partial charge in [0, 0.05) is 29.2 Å². The zero-order valence-electron chi connectivity index (χ0n) is 11.5. The summed E-state index contributed by atoms with van der Waals surface area (Å²) in [6.07, 6.45) is 2.44. The largest absolute Gasteiger partial charge is 0.455 e. The van der Waals surface area contributed by atoms with E-state index in [1.807, 2.05) is 39.0 Å². The van der Waals surface area contributed by atoms with Crippen molar-refractivity contribution in [2.24, 2.45) is 0 Å². The van der Waals surface area contributed by atoms with Crippen molar-refractivity contribution in [3.63, 3.8) is 0 Å². The Morgan fingerprint density at radius 3 is 2.63 bits per heavy atom. The molecule has 0 fully saturated rings. The quantitative estimate of drug-likeness (QED) is 0.916. The summed E-state index contributed by atoms with van der Waals surface area (Å²) >= 11 is 0. The molecule has 0 bridgehead atoms. The van der Waals surface area contributed by atoms with Crippen molar-refractivity contribution < 1.29 is 9.84 Å². The Morgan fingerprint density at radius 1 is 1.16 bits per heavy atom. The molecule has 4 nitrogen and oxygen atoms in total. The highest BCUT2D eigenvalue weighted by atomic mass is 16.5. The minimum atomic E-state index is -0.0939. The summed E-state index contributed by atoms with van der Waals surface area (Å²) in [6, 6.07) is 5.66. The van der Waals surface area contributed by atoms with Crippen molar-refractivity contribution in [1.82, 2.24) is 9.97 Å². The van der Waals surface area contributed by atoms with Gasteiger partial charge in [0.1, 0.15) is 11.5 Å². The number of aryl methyl sites for hydroxylation is 3. The van der Waals surface area contributed by atoms with E-state index in [9.17, 15) is 5.11 Å². The summed E-state index contributed by atoms with van der Waals surface area (Å²) in [5.74, 6) is 1.36. The van der Waals surface area contributed by atoms with E-state index in [-0.39, 0.29) is 6.61 Å². The molecule has 2 aromatic heterocycles. The van der Waals surface area contributed by atoms with Crippen LogP contribution in [0.4, 0.5) is 0 Å². The number of hydrogen-bond acceptors (Lipinski definition) is 4. The Balaban J connectivity index is 2.38. The lowest BCUT2D eigenvalue weighted by molar-refractivity contribution is 0.275. The van der Waals surface area contributed by atoms with E-state index in [1.165, 1.54) is 0 Å². The molecule has 100 valence electrons. The molecule has 0 aliphatic rings. The van der Waals surface area contributed by atoms with Crippen LogP contribution in [0.15, 0.2) is 24.4 Å². The highest BCUT2D eigenvalue weighted by Crippen LogP contribution is 2.28. The van der Waals surface area contributed by atoms with Crippen LogP contribution < -0.4 is 4.74 Å². The number of hydrogen-bond donors (Lipinski definition) is 1. The average Bonchev–Trinajstić information content (AvgIpc) is 2.41. The zero-order valence-corrected chi connectivity index (χ0v) is 11.5. The molecule has 0 unspecified atom stereocenters. The number of rotatable bonds is 4. The van der Waals surface area contributed by atoms with E-state index in [1.54, 1.807) is 6.20 Å². The molecular formula is C15H18N2O2. The van der Waals surface area contributed by atoms with Crippen LogP contribution in [0.1, 0.15) is 29.6 Å². The summed E-state index contributed by atoms with van der Waals surface area (Å²) in [5.41, 5.74) is 3.41. The second-order valence-electron chi connectivity index (χ2n) is 4.44. The van der Waals surface area contributed by atoms with Crippen LogP contribution in [-0.4, -0.2) is 15.1 Å². The van der Waals surface area contributed by atoms with E-state index in [0.717, 1.165) is 29.3 Å². The molecule has 0 atom stereocenters. The third-order valence-electron chi connectivity index (χ3n) is 2.88. The Morgan fingerprint density at radius 2 is 1.95 bits per heavy atom. The molecule has 2 heterocycles. The van der Waals surface area contributed by atoms with Gasteiger partial charge in [-0.15, -0.1) is 0 Å². The van der Waals surface area contributed by atoms with Crippen molar-refractivity contribution in [2.75, 3.05) is 0 Å². The van der Waals surface area contributed by atoms with Crippen LogP contribution >= 0.6 is 0 Å². The maximum Gasteiger partial charge on any atom is 0.148 e. The minimum absolute atomic E-state index is 0.0939. The zero-order chi connectivity index (χ0) is 13.8. The van der Waals surface area contributed by atoms with Gasteiger partial charge in [-0.1, -0.05) is 6.92 Å². The van der Waals surface area contributed by atoms with Gasteiger partial charge in [-0.2, -0.15) is 0 Å². The Bertz CT molecular complexity index is 582. The second-order valence-corrected chi connectivity index (χ2v) is 4.44. The van der Waals surface area contributed by atoms with Gasteiger partial charge in [0.2, 0.25) is 0 Å². The fourth-order valence-electron chi connectivity index (χ4n) is 1.84. The molecular weight excluding hydrogens is 240 g/mol. The summed E-state index contributed by atoms with van der Waals surface area (Å²) in [5, 5.41) is 9.32. The van der Waals surface area contributed by atoms with Crippen LogP contribution in [-0.2, 0) is 13.0 Å². The normalized spacial score (nSPS) is 10.5. The van der Waals surface area contributed by atoms with Crippen LogP contribution in [0.25, 0.3) is 0 Å². The summed E-state index contributed by atoms with van der Waals surface area (Å²) in [6.45, 7) is 5.80. The first-order chi connectivity index (χ1) is 9.13. The topological polar surface area (TPSA) is 55.2 Å². The van der Waals surface area contributed by atoms with Crippen LogP contribution in [0, 0.1) is 13.8 Å². The highest BCUT2D eigenvalue weighted by molar-refractivity contribution is 5.39. The Hall–Kier alpha value is -1.94. The molecule has 0 aromatic carbocycles. The first-order valence-electron chi connectivity index (χ1n) is 6.34. The number of aliphatic hydroxyl groups is 1. The molecule has 4 heteroatoms. The number of pyridine rings is 2. The second kappa shape index (κ2) is 5.80. The standard InChI is InChI=1S/C15H18N2O2/c1-4-13-14(6-5-10(2)17-13)19-15-7-11(3)16-8-12(15)9-18/h5-8,18H,4,9H2,1-3H3. The number of ether oxygens (including phenoxy) is 1. The fraction of sp³-hybridized carbons (Fsp3) is 0.333. The van der Waals surface area contributed by atoms with Gasteiger partial charge in [-0.05, 0) is 32.4 Å². The predicted octanol–water partition coefficient (Wildman–Crippen LogP) is 2.94. The monoisotopic (exact) mass is 258 g/mol.